The summed E-state index contributed by atoms with van der Waals surface area (Å²) in [6.45, 7) is 16.3. The summed E-state index contributed by atoms with van der Waals surface area (Å²) >= 11 is 0. The molecule has 2 spiro atoms. The van der Waals surface area contributed by atoms with Crippen molar-refractivity contribution in [3.63, 3.8) is 0 Å². The number of allylic oxidation sites excluding steroid dienone is 1. The van der Waals surface area contributed by atoms with Gasteiger partial charge in [0, 0.05) is 0 Å². The lowest BCUT2D eigenvalue weighted by molar-refractivity contribution is -0.161. The zero-order valence-electron chi connectivity index (χ0n) is 22.0. The lowest BCUT2D eigenvalue weighted by Gasteiger charge is -2.63. The van der Waals surface area contributed by atoms with Crippen LogP contribution in [0, 0.1) is 50.7 Å². The van der Waals surface area contributed by atoms with Crippen molar-refractivity contribution in [2.45, 2.75) is 124 Å². The molecular weight excluding hydrogens is 392 g/mol. The fraction of sp³-hybridized carbons (Fsp3) is 0.933. The van der Waals surface area contributed by atoms with Crippen LogP contribution >= 0.6 is 0 Å². The Bertz CT molecular complexity index is 791. The van der Waals surface area contributed by atoms with Crippen LogP contribution in [0.4, 0.5) is 0 Å². The number of hydrogen-bond donors (Lipinski definition) is 2. The highest BCUT2D eigenvalue weighted by atomic mass is 16.3. The van der Waals surface area contributed by atoms with Crippen LogP contribution in [0.5, 0.6) is 0 Å². The quantitative estimate of drug-likeness (QED) is 0.454. The van der Waals surface area contributed by atoms with Crippen LogP contribution in [0.2, 0.25) is 0 Å². The van der Waals surface area contributed by atoms with Gasteiger partial charge >= 0.3 is 0 Å². The minimum absolute atomic E-state index is 0.0912. The highest BCUT2D eigenvalue weighted by Gasteiger charge is 2.82. The maximum absolute atomic E-state index is 10.8. The predicted molar refractivity (Wildman–Crippen MR) is 132 cm³/mol. The summed E-state index contributed by atoms with van der Waals surface area (Å²) in [6, 6.07) is 0. The zero-order valence-corrected chi connectivity index (χ0v) is 22.0. The fourth-order valence-electron chi connectivity index (χ4n) is 11.0. The van der Waals surface area contributed by atoms with Gasteiger partial charge in [-0.3, -0.25) is 0 Å². The SMILES string of the molecule is C[C@H](C/C=C\C(C)(C)O)[C@H]1CC[C@@]2(C)[C@H]3CC[C@@H]4C(C)(C)[C@@H](O)CC[C@@]45C[C@@]35CC[C@]12C. The van der Waals surface area contributed by atoms with E-state index in [1.165, 1.54) is 51.4 Å². The molecule has 32 heavy (non-hydrogen) atoms. The Kier molecular flexibility index (Phi) is 5.02. The van der Waals surface area contributed by atoms with Gasteiger partial charge in [-0.15, -0.1) is 0 Å². The Labute approximate surface area is 197 Å². The summed E-state index contributed by atoms with van der Waals surface area (Å²) in [5, 5.41) is 20.9. The first-order chi connectivity index (χ1) is 14.7. The molecule has 0 bridgehead atoms. The second kappa shape index (κ2) is 6.87. The standard InChI is InChI=1S/C30H50O2/c1-20(9-8-14-25(2,3)32)21-12-15-28(7)23-11-10-22-26(4,5)24(31)13-16-29(22)19-30(23,29)18-17-27(21,28)6/h8,14,20-24,31-32H,9-13,15-19H2,1-7H3/b14-8-/t20-,21-,22-,23-,24+,27-,28+,29-,30+/m1/s1. The van der Waals surface area contributed by atoms with Gasteiger partial charge < -0.3 is 10.2 Å². The van der Waals surface area contributed by atoms with E-state index in [1.807, 2.05) is 19.9 Å². The van der Waals surface area contributed by atoms with Gasteiger partial charge in [-0.05, 0) is 129 Å². The molecule has 5 aliphatic rings. The van der Waals surface area contributed by atoms with E-state index in [9.17, 15) is 10.2 Å². The lowest BCUT2D eigenvalue weighted by Crippen LogP contribution is -2.57. The smallest absolute Gasteiger partial charge is 0.0771 e. The number of hydrogen-bond acceptors (Lipinski definition) is 2. The highest BCUT2D eigenvalue weighted by Crippen LogP contribution is 2.89. The normalized spacial score (nSPS) is 52.7. The van der Waals surface area contributed by atoms with E-state index in [4.69, 9.17) is 0 Å². The van der Waals surface area contributed by atoms with E-state index >= 15 is 0 Å². The monoisotopic (exact) mass is 442 g/mol. The van der Waals surface area contributed by atoms with Crippen LogP contribution in [-0.4, -0.2) is 21.9 Å². The molecule has 0 unspecified atom stereocenters. The maximum Gasteiger partial charge on any atom is 0.0771 e. The second-order valence-corrected chi connectivity index (χ2v) is 14.8. The molecule has 182 valence electrons. The van der Waals surface area contributed by atoms with Gasteiger partial charge in [0.2, 0.25) is 0 Å². The maximum atomic E-state index is 10.8. The largest absolute Gasteiger partial charge is 0.393 e. The summed E-state index contributed by atoms with van der Waals surface area (Å²) in [5.74, 6) is 3.10. The van der Waals surface area contributed by atoms with Crippen molar-refractivity contribution >= 4 is 0 Å². The molecule has 2 heteroatoms. The molecule has 0 aliphatic heterocycles. The third-order valence-corrected chi connectivity index (χ3v) is 12.9. The molecule has 5 saturated carbocycles. The molecule has 0 aromatic heterocycles. The van der Waals surface area contributed by atoms with Gasteiger partial charge in [0.25, 0.3) is 0 Å². The molecule has 5 aliphatic carbocycles. The van der Waals surface area contributed by atoms with Gasteiger partial charge in [-0.2, -0.15) is 0 Å². The van der Waals surface area contributed by atoms with Gasteiger partial charge in [-0.25, -0.2) is 0 Å². The molecule has 2 N–H and O–H groups in total. The molecule has 0 heterocycles. The van der Waals surface area contributed by atoms with Crippen molar-refractivity contribution < 1.29 is 10.2 Å². The van der Waals surface area contributed by atoms with E-state index in [-0.39, 0.29) is 11.5 Å². The average molecular weight is 443 g/mol. The second-order valence-electron chi connectivity index (χ2n) is 14.8. The molecule has 5 rings (SSSR count). The highest BCUT2D eigenvalue weighted by molar-refractivity contribution is 5.30. The summed E-state index contributed by atoms with van der Waals surface area (Å²) in [7, 11) is 0. The Morgan fingerprint density at radius 2 is 1.53 bits per heavy atom. The lowest BCUT2D eigenvalue weighted by atomic mass is 9.42. The first-order valence-corrected chi connectivity index (χ1v) is 13.8. The molecule has 0 aromatic carbocycles. The first kappa shape index (κ1) is 23.4. The van der Waals surface area contributed by atoms with Gasteiger partial charge in [0.1, 0.15) is 0 Å². The van der Waals surface area contributed by atoms with Gasteiger partial charge in [-0.1, -0.05) is 46.8 Å². The topological polar surface area (TPSA) is 40.5 Å². The predicted octanol–water partition coefficient (Wildman–Crippen LogP) is 7.14. The zero-order chi connectivity index (χ0) is 23.4. The minimum Gasteiger partial charge on any atom is -0.393 e. The molecule has 0 radical (unpaired) electrons. The molecule has 5 fully saturated rings. The van der Waals surface area contributed by atoms with Crippen LogP contribution in [-0.2, 0) is 0 Å². The third kappa shape index (κ3) is 2.84. The summed E-state index contributed by atoms with van der Waals surface area (Å²) in [5.41, 5.74) is 1.44. The van der Waals surface area contributed by atoms with Crippen molar-refractivity contribution in [2.75, 3.05) is 0 Å². The van der Waals surface area contributed by atoms with Crippen molar-refractivity contribution in [1.29, 1.82) is 0 Å². The van der Waals surface area contributed by atoms with Crippen LogP contribution in [0.15, 0.2) is 12.2 Å². The third-order valence-electron chi connectivity index (χ3n) is 12.9. The molecular formula is C30H50O2. The molecule has 2 nitrogen and oxygen atoms in total. The molecule has 0 amide bonds. The van der Waals surface area contributed by atoms with Gasteiger partial charge in [0.15, 0.2) is 0 Å². The Morgan fingerprint density at radius 1 is 0.875 bits per heavy atom. The average Bonchev–Trinajstić information content (AvgIpc) is 3.27. The summed E-state index contributed by atoms with van der Waals surface area (Å²) in [4.78, 5) is 0. The van der Waals surface area contributed by atoms with Crippen LogP contribution < -0.4 is 0 Å². The van der Waals surface area contributed by atoms with E-state index in [0.29, 0.717) is 27.6 Å². The van der Waals surface area contributed by atoms with Crippen molar-refractivity contribution in [1.82, 2.24) is 0 Å². The number of aliphatic hydroxyl groups excluding tert-OH is 1. The minimum atomic E-state index is -0.703. The Balaban J connectivity index is 1.40. The Morgan fingerprint density at radius 3 is 2.22 bits per heavy atom. The number of fused-ring (bicyclic) bond motifs is 2. The van der Waals surface area contributed by atoms with Crippen LogP contribution in [0.25, 0.3) is 0 Å². The van der Waals surface area contributed by atoms with Crippen molar-refractivity contribution in [3.8, 4) is 0 Å². The van der Waals surface area contributed by atoms with Crippen molar-refractivity contribution in [2.24, 2.45) is 50.7 Å². The molecule has 9 atom stereocenters. The van der Waals surface area contributed by atoms with E-state index in [1.54, 1.807) is 0 Å². The van der Waals surface area contributed by atoms with E-state index in [2.05, 4.69) is 40.7 Å². The molecule has 0 saturated heterocycles. The Hall–Kier alpha value is -0.340. The van der Waals surface area contributed by atoms with Crippen LogP contribution in [0.1, 0.15) is 113 Å². The summed E-state index contributed by atoms with van der Waals surface area (Å²) in [6.07, 6.45) is 17.4. The van der Waals surface area contributed by atoms with Crippen molar-refractivity contribution in [3.05, 3.63) is 12.2 Å². The number of rotatable bonds is 4. The summed E-state index contributed by atoms with van der Waals surface area (Å²) < 4.78 is 0. The van der Waals surface area contributed by atoms with E-state index in [0.717, 1.165) is 30.6 Å². The first-order valence-electron chi connectivity index (χ1n) is 13.8. The van der Waals surface area contributed by atoms with Crippen LogP contribution in [0.3, 0.4) is 0 Å². The fourth-order valence-corrected chi connectivity index (χ4v) is 11.0. The van der Waals surface area contributed by atoms with E-state index < -0.39 is 5.60 Å². The number of aliphatic hydroxyl groups is 2. The molecule has 0 aromatic rings. The van der Waals surface area contributed by atoms with Gasteiger partial charge in [0.05, 0.1) is 11.7 Å².